The van der Waals surface area contributed by atoms with Gasteiger partial charge in [0.2, 0.25) is 0 Å². The first-order valence-electron chi connectivity index (χ1n) is 11.9. The summed E-state index contributed by atoms with van der Waals surface area (Å²) in [6.45, 7) is 0.544. The molecule has 0 radical (unpaired) electrons. The van der Waals surface area contributed by atoms with Crippen LogP contribution in [0.3, 0.4) is 0 Å². The van der Waals surface area contributed by atoms with Crippen molar-refractivity contribution in [3.8, 4) is 5.75 Å². The molecule has 0 fully saturated rings. The molecule has 1 aliphatic rings. The number of amides is 2. The predicted molar refractivity (Wildman–Crippen MR) is 137 cm³/mol. The van der Waals surface area contributed by atoms with Crippen LogP contribution in [0.15, 0.2) is 77.6 Å². The first-order chi connectivity index (χ1) is 18.2. The van der Waals surface area contributed by atoms with E-state index < -0.39 is 24.2 Å². The normalized spacial score (nSPS) is 14.8. The molecule has 1 aliphatic heterocycles. The number of hydrogen-bond acceptors (Lipinski definition) is 4. The van der Waals surface area contributed by atoms with Gasteiger partial charge in [-0.15, -0.1) is 13.2 Å². The summed E-state index contributed by atoms with van der Waals surface area (Å²) < 4.78 is 44.4. The Bertz CT molecular complexity index is 1540. The molecule has 3 aromatic carbocycles. The van der Waals surface area contributed by atoms with Gasteiger partial charge in [0, 0.05) is 13.1 Å². The van der Waals surface area contributed by atoms with E-state index in [0.717, 1.165) is 11.6 Å². The predicted octanol–water partition coefficient (Wildman–Crippen LogP) is 6.17. The Hall–Kier alpha value is -4.05. The number of benzene rings is 3. The highest BCUT2D eigenvalue weighted by Crippen LogP contribution is 2.34. The summed E-state index contributed by atoms with van der Waals surface area (Å²) in [6.07, 6.45) is -4.04. The van der Waals surface area contributed by atoms with Crippen molar-refractivity contribution in [1.29, 1.82) is 0 Å². The average Bonchev–Trinajstić information content (AvgIpc) is 3.29. The van der Waals surface area contributed by atoms with Crippen molar-refractivity contribution in [3.05, 3.63) is 99.6 Å². The van der Waals surface area contributed by atoms with Gasteiger partial charge < -0.3 is 15.0 Å². The topological polar surface area (TPSA) is 76.5 Å². The minimum Gasteiger partial charge on any atom is -0.404 e. The molecule has 1 atom stereocenters. The minimum absolute atomic E-state index is 0.131. The fourth-order valence-corrected chi connectivity index (χ4v) is 4.90. The molecule has 0 bridgehead atoms. The maximum atomic E-state index is 13.6. The van der Waals surface area contributed by atoms with Gasteiger partial charge >= 0.3 is 12.4 Å². The molecule has 0 aliphatic carbocycles. The second kappa shape index (κ2) is 10.4. The summed E-state index contributed by atoms with van der Waals surface area (Å²) in [6, 6.07) is 18.6. The van der Waals surface area contributed by atoms with Crippen LogP contribution in [0, 0.1) is 0 Å². The molecule has 196 valence electrons. The van der Waals surface area contributed by atoms with Gasteiger partial charge in [0.15, 0.2) is 5.75 Å². The van der Waals surface area contributed by atoms with Crippen LogP contribution < -0.4 is 15.6 Å². The van der Waals surface area contributed by atoms with Crippen molar-refractivity contribution in [2.24, 2.45) is 0 Å². The van der Waals surface area contributed by atoms with Crippen molar-refractivity contribution in [2.45, 2.75) is 31.8 Å². The summed E-state index contributed by atoms with van der Waals surface area (Å²) in [5.41, 5.74) is 0.950. The molecule has 0 saturated heterocycles. The molecule has 1 unspecified atom stereocenters. The molecule has 38 heavy (non-hydrogen) atoms. The molecule has 0 saturated carbocycles. The lowest BCUT2D eigenvalue weighted by molar-refractivity contribution is -0.274. The van der Waals surface area contributed by atoms with E-state index in [0.29, 0.717) is 41.1 Å². The second-order valence-electron chi connectivity index (χ2n) is 8.77. The number of fused-ring (bicyclic) bond motifs is 2. The first-order valence-corrected chi connectivity index (χ1v) is 12.2. The van der Waals surface area contributed by atoms with Gasteiger partial charge in [-0.05, 0) is 42.7 Å². The quantitative estimate of drug-likeness (QED) is 0.316. The summed E-state index contributed by atoms with van der Waals surface area (Å²) in [5, 5.41) is 3.16. The Morgan fingerprint density at radius 3 is 2.58 bits per heavy atom. The van der Waals surface area contributed by atoms with Gasteiger partial charge in [0.05, 0.1) is 27.7 Å². The largest absolute Gasteiger partial charge is 0.573 e. The van der Waals surface area contributed by atoms with Crippen molar-refractivity contribution in [3.63, 3.8) is 0 Å². The molecule has 7 nitrogen and oxygen atoms in total. The van der Waals surface area contributed by atoms with E-state index in [1.54, 1.807) is 18.2 Å². The summed E-state index contributed by atoms with van der Waals surface area (Å²) in [7, 11) is 0. The number of ether oxygens (including phenoxy) is 1. The molecule has 1 aromatic heterocycles. The highest BCUT2D eigenvalue weighted by Gasteiger charge is 2.35. The van der Waals surface area contributed by atoms with Crippen molar-refractivity contribution < 1.29 is 22.7 Å². The first kappa shape index (κ1) is 25.6. The Morgan fingerprint density at radius 2 is 1.82 bits per heavy atom. The number of para-hydroxylation sites is 2. The number of aromatic nitrogens is 2. The van der Waals surface area contributed by atoms with Crippen LogP contribution >= 0.6 is 11.6 Å². The van der Waals surface area contributed by atoms with E-state index in [1.165, 1.54) is 27.7 Å². The third-order valence-corrected chi connectivity index (χ3v) is 6.68. The van der Waals surface area contributed by atoms with Gasteiger partial charge in [-0.1, -0.05) is 60.1 Å². The van der Waals surface area contributed by atoms with Crippen LogP contribution in [-0.2, 0) is 13.0 Å². The van der Waals surface area contributed by atoms with Crippen LogP contribution in [0.4, 0.5) is 23.7 Å². The summed E-state index contributed by atoms with van der Waals surface area (Å²) >= 11 is 6.26. The van der Waals surface area contributed by atoms with Crippen LogP contribution in [0.25, 0.3) is 10.9 Å². The van der Waals surface area contributed by atoms with Crippen LogP contribution in [0.2, 0.25) is 5.02 Å². The standard InChI is InChI=1S/C27H22ClF3N4O3/c28-18-9-6-11-20-23(18)25(36)35-16-14-21(24(35)32-20)34(15-13-17-7-2-1-3-8-17)26(37)33-19-10-4-5-12-22(19)38-27(29,30)31/h1-12,21H,13-16H2,(H,33,37). The molecular formula is C27H22ClF3N4O3. The van der Waals surface area contributed by atoms with Crippen LogP contribution in [-0.4, -0.2) is 33.4 Å². The third kappa shape index (κ3) is 5.31. The van der Waals surface area contributed by atoms with E-state index in [9.17, 15) is 22.8 Å². The second-order valence-corrected chi connectivity index (χ2v) is 9.18. The monoisotopic (exact) mass is 542 g/mol. The molecule has 0 spiro atoms. The fraction of sp³-hybridized carbons (Fsp3) is 0.222. The molecule has 2 heterocycles. The Labute approximate surface area is 220 Å². The summed E-state index contributed by atoms with van der Waals surface area (Å²) in [5.74, 6) is -0.133. The highest BCUT2D eigenvalue weighted by molar-refractivity contribution is 6.35. The molecule has 2 amide bonds. The number of alkyl halides is 3. The number of hydrogen-bond donors (Lipinski definition) is 1. The highest BCUT2D eigenvalue weighted by atomic mass is 35.5. The van der Waals surface area contributed by atoms with Gasteiger partial charge in [-0.25, -0.2) is 9.78 Å². The van der Waals surface area contributed by atoms with E-state index >= 15 is 0 Å². The Balaban J connectivity index is 1.50. The molecule has 5 rings (SSSR count). The lowest BCUT2D eigenvalue weighted by Crippen LogP contribution is -2.39. The number of halogens is 4. The van der Waals surface area contributed by atoms with Crippen molar-refractivity contribution >= 4 is 34.2 Å². The zero-order valence-electron chi connectivity index (χ0n) is 19.9. The number of anilines is 1. The van der Waals surface area contributed by atoms with Crippen molar-refractivity contribution in [1.82, 2.24) is 14.5 Å². The van der Waals surface area contributed by atoms with E-state index in [4.69, 9.17) is 11.6 Å². The maximum absolute atomic E-state index is 13.6. The zero-order chi connectivity index (χ0) is 26.9. The molecule has 11 heteroatoms. The van der Waals surface area contributed by atoms with Gasteiger partial charge in [0.25, 0.3) is 5.56 Å². The minimum atomic E-state index is -4.92. The zero-order valence-corrected chi connectivity index (χ0v) is 20.7. The van der Waals surface area contributed by atoms with E-state index in [1.807, 2.05) is 30.3 Å². The van der Waals surface area contributed by atoms with Gasteiger partial charge in [-0.3, -0.25) is 9.36 Å². The summed E-state index contributed by atoms with van der Waals surface area (Å²) in [4.78, 5) is 33.0. The Kier molecular flexibility index (Phi) is 6.98. The smallest absolute Gasteiger partial charge is 0.404 e. The van der Waals surface area contributed by atoms with Gasteiger partial charge in [0.1, 0.15) is 5.82 Å². The number of nitrogens with zero attached hydrogens (tertiary/aromatic N) is 3. The number of rotatable bonds is 6. The van der Waals surface area contributed by atoms with E-state index in [2.05, 4.69) is 15.0 Å². The lowest BCUT2D eigenvalue weighted by atomic mass is 10.1. The lowest BCUT2D eigenvalue weighted by Gasteiger charge is -2.29. The van der Waals surface area contributed by atoms with Crippen LogP contribution in [0.5, 0.6) is 5.75 Å². The number of urea groups is 1. The van der Waals surface area contributed by atoms with E-state index in [-0.39, 0.29) is 17.8 Å². The maximum Gasteiger partial charge on any atom is 0.573 e. The van der Waals surface area contributed by atoms with Crippen LogP contribution in [0.1, 0.15) is 23.9 Å². The molecule has 1 N–H and O–H groups in total. The number of nitrogens with one attached hydrogen (secondary N) is 1. The fourth-order valence-electron chi connectivity index (χ4n) is 4.65. The average molecular weight is 543 g/mol. The van der Waals surface area contributed by atoms with Gasteiger partial charge in [-0.2, -0.15) is 0 Å². The number of carbonyl (C=O) groups excluding carboxylic acids is 1. The Morgan fingerprint density at radius 1 is 1.08 bits per heavy atom. The third-order valence-electron chi connectivity index (χ3n) is 6.36. The van der Waals surface area contributed by atoms with Crippen molar-refractivity contribution in [2.75, 3.05) is 11.9 Å². The SMILES string of the molecule is O=C(Nc1ccccc1OC(F)(F)F)N(CCc1ccccc1)C1CCn2c1nc1cccc(Cl)c1c2=O. The number of carbonyl (C=O) groups is 1. The molecular weight excluding hydrogens is 521 g/mol. The molecule has 4 aromatic rings.